The van der Waals surface area contributed by atoms with Crippen molar-refractivity contribution in [2.24, 2.45) is 0 Å². The summed E-state index contributed by atoms with van der Waals surface area (Å²) in [7, 11) is 0. The molecule has 2 heterocycles. The van der Waals surface area contributed by atoms with E-state index < -0.39 is 0 Å². The van der Waals surface area contributed by atoms with Crippen LogP contribution in [0.2, 0.25) is 0 Å². The number of nitrogens with one attached hydrogen (secondary N) is 1. The zero-order valence-electron chi connectivity index (χ0n) is 18.7. The maximum Gasteiger partial charge on any atom is 0.234 e. The molecule has 4 rings (SSSR count). The van der Waals surface area contributed by atoms with Gasteiger partial charge in [0, 0.05) is 11.4 Å². The molecule has 1 fully saturated rings. The van der Waals surface area contributed by atoms with Crippen molar-refractivity contribution < 1.29 is 4.79 Å². The van der Waals surface area contributed by atoms with E-state index in [9.17, 15) is 4.79 Å². The van der Waals surface area contributed by atoms with Crippen LogP contribution in [0, 0.1) is 0 Å². The number of aryl methyl sites for hydroxylation is 1. The smallest absolute Gasteiger partial charge is 0.234 e. The van der Waals surface area contributed by atoms with E-state index in [2.05, 4.69) is 56.2 Å². The number of piperidine rings is 1. The van der Waals surface area contributed by atoms with Gasteiger partial charge in [-0.2, -0.15) is 0 Å². The van der Waals surface area contributed by atoms with Crippen molar-refractivity contribution in [2.45, 2.75) is 50.7 Å². The Morgan fingerprint density at radius 3 is 2.47 bits per heavy atom. The van der Waals surface area contributed by atoms with E-state index in [-0.39, 0.29) is 11.7 Å². The van der Waals surface area contributed by atoms with Crippen LogP contribution in [0.5, 0.6) is 0 Å². The molecule has 1 amide bonds. The standard InChI is InChI=1S/C25H31N5OS/c1-2-9-20-12-14-21(15-13-20)26-24(31)19-32-25-28-27-23(18-29-16-7-4-8-17-29)30(25)22-10-5-3-6-11-22/h3,5-6,10-15H,2,4,7-9,16-19H2,1H3,(H,26,31). The van der Waals surface area contributed by atoms with E-state index in [4.69, 9.17) is 0 Å². The summed E-state index contributed by atoms with van der Waals surface area (Å²) in [5.74, 6) is 1.16. The minimum Gasteiger partial charge on any atom is -0.325 e. The topological polar surface area (TPSA) is 63.1 Å². The minimum atomic E-state index is -0.0431. The van der Waals surface area contributed by atoms with Gasteiger partial charge in [-0.3, -0.25) is 14.3 Å². The molecule has 6 nitrogen and oxygen atoms in total. The average Bonchev–Trinajstić information content (AvgIpc) is 3.23. The van der Waals surface area contributed by atoms with Gasteiger partial charge in [-0.1, -0.05) is 61.9 Å². The maximum absolute atomic E-state index is 12.6. The number of thioether (sulfide) groups is 1. The Morgan fingerprint density at radius 1 is 1.00 bits per heavy atom. The highest BCUT2D eigenvalue weighted by atomic mass is 32.2. The highest BCUT2D eigenvalue weighted by Crippen LogP contribution is 2.24. The van der Waals surface area contributed by atoms with E-state index in [0.29, 0.717) is 0 Å². The summed E-state index contributed by atoms with van der Waals surface area (Å²) in [5, 5.41) is 12.7. The lowest BCUT2D eigenvalue weighted by atomic mass is 10.1. The van der Waals surface area contributed by atoms with Crippen LogP contribution in [0.1, 0.15) is 44.0 Å². The normalized spacial score (nSPS) is 14.4. The lowest BCUT2D eigenvalue weighted by Crippen LogP contribution is -2.30. The predicted molar refractivity (Wildman–Crippen MR) is 130 cm³/mol. The first kappa shape index (κ1) is 22.6. The Balaban J connectivity index is 1.43. The first-order chi connectivity index (χ1) is 15.7. The third kappa shape index (κ3) is 5.99. The Hall–Kier alpha value is -2.64. The van der Waals surface area contributed by atoms with Crippen molar-refractivity contribution in [1.82, 2.24) is 19.7 Å². The summed E-state index contributed by atoms with van der Waals surface area (Å²) < 4.78 is 2.09. The summed E-state index contributed by atoms with van der Waals surface area (Å²) >= 11 is 1.42. The number of likely N-dealkylation sites (tertiary alicyclic amines) is 1. The predicted octanol–water partition coefficient (Wildman–Crippen LogP) is 4.94. The molecule has 168 valence electrons. The number of amides is 1. The molecule has 1 N–H and O–H groups in total. The molecule has 3 aromatic rings. The van der Waals surface area contributed by atoms with Crippen LogP contribution in [-0.2, 0) is 17.8 Å². The Bertz CT molecular complexity index is 997. The fourth-order valence-corrected chi connectivity index (χ4v) is 4.79. The molecule has 0 spiro atoms. The molecular formula is C25H31N5OS. The van der Waals surface area contributed by atoms with Gasteiger partial charge in [0.05, 0.1) is 12.3 Å². The number of carbonyl (C=O) groups excluding carboxylic acids is 1. The lowest BCUT2D eigenvalue weighted by molar-refractivity contribution is -0.113. The summed E-state index contributed by atoms with van der Waals surface area (Å²) in [6.45, 7) is 5.14. The number of hydrogen-bond acceptors (Lipinski definition) is 5. The molecule has 32 heavy (non-hydrogen) atoms. The van der Waals surface area contributed by atoms with E-state index in [1.54, 1.807) is 0 Å². The molecule has 0 bridgehead atoms. The van der Waals surface area contributed by atoms with Gasteiger partial charge in [0.25, 0.3) is 0 Å². The van der Waals surface area contributed by atoms with E-state index in [1.165, 1.54) is 36.6 Å². The molecule has 1 saturated heterocycles. The van der Waals surface area contributed by atoms with Crippen molar-refractivity contribution in [3.63, 3.8) is 0 Å². The maximum atomic E-state index is 12.6. The molecule has 0 aliphatic carbocycles. The molecule has 0 atom stereocenters. The number of aromatic nitrogens is 3. The number of para-hydroxylation sites is 1. The number of carbonyl (C=O) groups is 1. The molecule has 1 aliphatic heterocycles. The van der Waals surface area contributed by atoms with Crippen molar-refractivity contribution in [1.29, 1.82) is 0 Å². The van der Waals surface area contributed by atoms with E-state index >= 15 is 0 Å². The SMILES string of the molecule is CCCc1ccc(NC(=O)CSc2nnc(CN3CCCCC3)n2-c2ccccc2)cc1. The van der Waals surface area contributed by atoms with Gasteiger partial charge in [-0.05, 0) is 62.2 Å². The van der Waals surface area contributed by atoms with E-state index in [0.717, 1.165) is 54.8 Å². The van der Waals surface area contributed by atoms with Gasteiger partial charge in [0.1, 0.15) is 0 Å². The Morgan fingerprint density at radius 2 is 1.75 bits per heavy atom. The molecule has 2 aromatic carbocycles. The van der Waals surface area contributed by atoms with Crippen LogP contribution in [0.4, 0.5) is 5.69 Å². The largest absolute Gasteiger partial charge is 0.325 e. The molecule has 0 unspecified atom stereocenters. The van der Waals surface area contributed by atoms with Crippen molar-refractivity contribution in [3.8, 4) is 5.69 Å². The quantitative estimate of drug-likeness (QED) is 0.469. The van der Waals surface area contributed by atoms with Crippen LogP contribution in [-0.4, -0.2) is 44.4 Å². The van der Waals surface area contributed by atoms with Gasteiger partial charge >= 0.3 is 0 Å². The number of rotatable bonds is 9. The molecule has 1 aromatic heterocycles. The average molecular weight is 450 g/mol. The second-order valence-corrected chi connectivity index (χ2v) is 9.13. The fraction of sp³-hybridized carbons (Fsp3) is 0.400. The van der Waals surface area contributed by atoms with E-state index in [1.807, 2.05) is 30.3 Å². The zero-order valence-corrected chi connectivity index (χ0v) is 19.5. The third-order valence-corrected chi connectivity index (χ3v) is 6.57. The molecule has 7 heteroatoms. The third-order valence-electron chi connectivity index (χ3n) is 5.64. The number of benzene rings is 2. The Kier molecular flexibility index (Phi) is 7.96. The van der Waals surface area contributed by atoms with Gasteiger partial charge in [0.15, 0.2) is 11.0 Å². The highest BCUT2D eigenvalue weighted by molar-refractivity contribution is 7.99. The van der Waals surface area contributed by atoms with Crippen LogP contribution < -0.4 is 5.32 Å². The molecular weight excluding hydrogens is 418 g/mol. The summed E-state index contributed by atoms with van der Waals surface area (Å²) in [6, 6.07) is 18.2. The zero-order chi connectivity index (χ0) is 22.2. The summed E-state index contributed by atoms with van der Waals surface area (Å²) in [4.78, 5) is 15.0. The number of nitrogens with zero attached hydrogens (tertiary/aromatic N) is 4. The minimum absolute atomic E-state index is 0.0431. The molecule has 0 radical (unpaired) electrons. The highest BCUT2D eigenvalue weighted by Gasteiger charge is 2.19. The van der Waals surface area contributed by atoms with Crippen molar-refractivity contribution in [3.05, 3.63) is 66.0 Å². The fourth-order valence-electron chi connectivity index (χ4n) is 4.02. The van der Waals surface area contributed by atoms with Crippen LogP contribution in [0.25, 0.3) is 5.69 Å². The van der Waals surface area contributed by atoms with Gasteiger partial charge < -0.3 is 5.32 Å². The summed E-state index contributed by atoms with van der Waals surface area (Å²) in [5.41, 5.74) is 3.14. The summed E-state index contributed by atoms with van der Waals surface area (Å²) in [6.07, 6.45) is 5.95. The number of hydrogen-bond donors (Lipinski definition) is 1. The molecule has 1 aliphatic rings. The second-order valence-electron chi connectivity index (χ2n) is 8.19. The lowest BCUT2D eigenvalue weighted by Gasteiger charge is -2.26. The van der Waals surface area contributed by atoms with Crippen LogP contribution in [0.3, 0.4) is 0 Å². The molecule has 0 saturated carbocycles. The number of anilines is 1. The van der Waals surface area contributed by atoms with Crippen LogP contribution in [0.15, 0.2) is 59.8 Å². The van der Waals surface area contributed by atoms with Crippen molar-refractivity contribution in [2.75, 3.05) is 24.2 Å². The Labute approximate surface area is 194 Å². The van der Waals surface area contributed by atoms with Gasteiger partial charge in [0.2, 0.25) is 5.91 Å². The van der Waals surface area contributed by atoms with Gasteiger partial charge in [-0.15, -0.1) is 10.2 Å². The monoisotopic (exact) mass is 449 g/mol. The van der Waals surface area contributed by atoms with Gasteiger partial charge in [-0.25, -0.2) is 0 Å². The first-order valence-corrected chi connectivity index (χ1v) is 12.4. The first-order valence-electron chi connectivity index (χ1n) is 11.5. The second kappa shape index (κ2) is 11.3. The van der Waals surface area contributed by atoms with Crippen LogP contribution >= 0.6 is 11.8 Å². The van der Waals surface area contributed by atoms with Crippen molar-refractivity contribution >= 4 is 23.4 Å².